The van der Waals surface area contributed by atoms with E-state index in [0.717, 1.165) is 0 Å². The summed E-state index contributed by atoms with van der Waals surface area (Å²) in [5.74, 6) is 0. The third kappa shape index (κ3) is 1.75. The Morgan fingerprint density at radius 2 is 1.73 bits per heavy atom. The lowest BCUT2D eigenvalue weighted by atomic mass is 10.4. The second-order valence-electron chi connectivity index (χ2n) is 2.97. The maximum absolute atomic E-state index is 12.0. The van der Waals surface area contributed by atoms with E-state index in [4.69, 9.17) is 5.73 Å². The Balaban J connectivity index is 2.60. The molecule has 0 amide bonds. The highest BCUT2D eigenvalue weighted by molar-refractivity contribution is 7.91. The smallest absolute Gasteiger partial charge is 0.209 e. The Kier molecular flexibility index (Phi) is 2.50. The summed E-state index contributed by atoms with van der Waals surface area (Å²) in [5, 5.41) is 2.00. The van der Waals surface area contributed by atoms with Gasteiger partial charge in [-0.3, -0.25) is 0 Å². The summed E-state index contributed by atoms with van der Waals surface area (Å²) in [5.41, 5.74) is 5.60. The fourth-order valence-electron chi connectivity index (χ4n) is 1.26. The molecular formula is C10H9NO2S2. The molecule has 2 N–H and O–H groups in total. The lowest BCUT2D eigenvalue weighted by molar-refractivity contribution is 0.597. The lowest BCUT2D eigenvalue weighted by Gasteiger charge is -2.02. The second kappa shape index (κ2) is 3.67. The largest absolute Gasteiger partial charge is 0.390 e. The van der Waals surface area contributed by atoms with Crippen molar-refractivity contribution in [1.82, 2.24) is 0 Å². The first-order valence-corrected chi connectivity index (χ1v) is 6.62. The molecule has 3 nitrogen and oxygen atoms in total. The van der Waals surface area contributed by atoms with E-state index in [1.165, 1.54) is 17.4 Å². The monoisotopic (exact) mass is 239 g/mol. The van der Waals surface area contributed by atoms with Crippen LogP contribution >= 0.6 is 11.3 Å². The van der Waals surface area contributed by atoms with Gasteiger partial charge in [0, 0.05) is 0 Å². The minimum Gasteiger partial charge on any atom is -0.390 e. The van der Waals surface area contributed by atoms with Crippen LogP contribution in [-0.4, -0.2) is 8.42 Å². The minimum absolute atomic E-state index is 0.193. The SMILES string of the molecule is Nc1sccc1S(=O)(=O)c1ccccc1. The Labute approximate surface area is 92.1 Å². The molecule has 0 fully saturated rings. The van der Waals surface area contributed by atoms with Gasteiger partial charge in [0.15, 0.2) is 0 Å². The van der Waals surface area contributed by atoms with E-state index in [-0.39, 0.29) is 9.79 Å². The summed E-state index contributed by atoms with van der Waals surface area (Å²) in [6.45, 7) is 0. The fourth-order valence-corrected chi connectivity index (χ4v) is 3.63. The van der Waals surface area contributed by atoms with Crippen LogP contribution in [0.4, 0.5) is 5.00 Å². The zero-order chi connectivity index (χ0) is 10.9. The summed E-state index contributed by atoms with van der Waals surface area (Å²) in [4.78, 5) is 0.466. The maximum Gasteiger partial charge on any atom is 0.209 e. The molecule has 0 unspecified atom stereocenters. The van der Waals surface area contributed by atoms with Gasteiger partial charge in [0.1, 0.15) is 9.90 Å². The number of anilines is 1. The van der Waals surface area contributed by atoms with Crippen LogP contribution in [0.1, 0.15) is 0 Å². The average molecular weight is 239 g/mol. The van der Waals surface area contributed by atoms with Gasteiger partial charge in [0.25, 0.3) is 0 Å². The van der Waals surface area contributed by atoms with Gasteiger partial charge in [0.2, 0.25) is 9.84 Å². The summed E-state index contributed by atoms with van der Waals surface area (Å²) in [6.07, 6.45) is 0. The normalized spacial score (nSPS) is 11.5. The van der Waals surface area contributed by atoms with Crippen LogP contribution < -0.4 is 5.73 Å². The molecule has 0 aliphatic carbocycles. The highest BCUT2D eigenvalue weighted by Crippen LogP contribution is 2.29. The van der Waals surface area contributed by atoms with Gasteiger partial charge in [-0.15, -0.1) is 11.3 Å². The molecule has 0 spiro atoms. The van der Waals surface area contributed by atoms with Crippen LogP contribution in [0.3, 0.4) is 0 Å². The Morgan fingerprint density at radius 1 is 1.07 bits per heavy atom. The molecule has 0 saturated carbocycles. The molecule has 0 radical (unpaired) electrons. The maximum atomic E-state index is 12.0. The standard InChI is InChI=1S/C10H9NO2S2/c11-10-9(6-7-14-10)15(12,13)8-4-2-1-3-5-8/h1-7H,11H2. The molecule has 5 heteroatoms. The Hall–Kier alpha value is -1.33. The van der Waals surface area contributed by atoms with E-state index in [9.17, 15) is 8.42 Å². The van der Waals surface area contributed by atoms with Crippen LogP contribution in [0, 0.1) is 0 Å². The van der Waals surface area contributed by atoms with Crippen molar-refractivity contribution in [3.8, 4) is 0 Å². The van der Waals surface area contributed by atoms with Gasteiger partial charge in [-0.25, -0.2) is 8.42 Å². The number of thiophene rings is 1. The van der Waals surface area contributed by atoms with Gasteiger partial charge in [-0.1, -0.05) is 18.2 Å². The molecule has 0 atom stereocenters. The van der Waals surface area contributed by atoms with Crippen molar-refractivity contribution in [2.24, 2.45) is 0 Å². The number of rotatable bonds is 2. The van der Waals surface area contributed by atoms with Crippen molar-refractivity contribution < 1.29 is 8.42 Å². The van der Waals surface area contributed by atoms with Crippen molar-refractivity contribution in [3.63, 3.8) is 0 Å². The molecule has 0 aliphatic rings. The van der Waals surface area contributed by atoms with E-state index in [2.05, 4.69) is 0 Å². The first kappa shape index (κ1) is 10.2. The van der Waals surface area contributed by atoms with E-state index < -0.39 is 9.84 Å². The Morgan fingerprint density at radius 3 is 2.27 bits per heavy atom. The van der Waals surface area contributed by atoms with Gasteiger partial charge in [-0.2, -0.15) is 0 Å². The topological polar surface area (TPSA) is 60.2 Å². The van der Waals surface area contributed by atoms with Crippen LogP contribution in [0.2, 0.25) is 0 Å². The summed E-state index contributed by atoms with van der Waals surface area (Å²) in [7, 11) is -3.44. The van der Waals surface area contributed by atoms with Crippen molar-refractivity contribution in [2.75, 3.05) is 5.73 Å². The van der Waals surface area contributed by atoms with Crippen molar-refractivity contribution in [3.05, 3.63) is 41.8 Å². The van der Waals surface area contributed by atoms with E-state index in [1.54, 1.807) is 35.7 Å². The molecule has 1 aromatic carbocycles. The summed E-state index contributed by atoms with van der Waals surface area (Å²) < 4.78 is 24.1. The molecule has 78 valence electrons. The third-order valence-corrected chi connectivity index (χ3v) is 4.70. The number of nitrogen functional groups attached to an aromatic ring is 1. The van der Waals surface area contributed by atoms with Gasteiger partial charge in [-0.05, 0) is 23.6 Å². The van der Waals surface area contributed by atoms with Crippen molar-refractivity contribution in [2.45, 2.75) is 9.79 Å². The predicted molar refractivity (Wildman–Crippen MR) is 60.6 cm³/mol. The van der Waals surface area contributed by atoms with Gasteiger partial charge in [0.05, 0.1) is 4.90 Å². The number of hydrogen-bond acceptors (Lipinski definition) is 4. The quantitative estimate of drug-likeness (QED) is 0.873. The lowest BCUT2D eigenvalue weighted by Crippen LogP contribution is -2.02. The molecule has 2 aromatic rings. The molecular weight excluding hydrogens is 230 g/mol. The first-order chi connectivity index (χ1) is 7.12. The number of benzene rings is 1. The zero-order valence-electron chi connectivity index (χ0n) is 7.75. The average Bonchev–Trinajstić information content (AvgIpc) is 2.66. The second-order valence-corrected chi connectivity index (χ2v) is 5.83. The van der Waals surface area contributed by atoms with Gasteiger partial charge < -0.3 is 5.73 Å². The third-order valence-electron chi connectivity index (χ3n) is 2.00. The minimum atomic E-state index is -3.44. The van der Waals surface area contributed by atoms with Crippen molar-refractivity contribution >= 4 is 26.2 Å². The van der Waals surface area contributed by atoms with E-state index in [1.807, 2.05) is 0 Å². The zero-order valence-corrected chi connectivity index (χ0v) is 9.38. The van der Waals surface area contributed by atoms with Gasteiger partial charge >= 0.3 is 0 Å². The summed E-state index contributed by atoms with van der Waals surface area (Å²) >= 11 is 1.22. The highest BCUT2D eigenvalue weighted by atomic mass is 32.2. The first-order valence-electron chi connectivity index (χ1n) is 4.25. The highest BCUT2D eigenvalue weighted by Gasteiger charge is 2.20. The van der Waals surface area contributed by atoms with Crippen LogP contribution in [0.5, 0.6) is 0 Å². The Bertz CT molecular complexity index is 558. The number of nitrogens with two attached hydrogens (primary N) is 1. The van der Waals surface area contributed by atoms with E-state index in [0.29, 0.717) is 5.00 Å². The molecule has 2 rings (SSSR count). The number of hydrogen-bond donors (Lipinski definition) is 1. The van der Waals surface area contributed by atoms with Crippen LogP contribution in [0.15, 0.2) is 51.6 Å². The van der Waals surface area contributed by atoms with Crippen LogP contribution in [-0.2, 0) is 9.84 Å². The predicted octanol–water partition coefficient (Wildman–Crippen LogP) is 2.16. The summed E-state index contributed by atoms with van der Waals surface area (Å²) in [6, 6.07) is 9.81. The fraction of sp³-hybridized carbons (Fsp3) is 0. The molecule has 1 aromatic heterocycles. The molecule has 0 aliphatic heterocycles. The molecule has 1 heterocycles. The van der Waals surface area contributed by atoms with E-state index >= 15 is 0 Å². The van der Waals surface area contributed by atoms with Crippen LogP contribution in [0.25, 0.3) is 0 Å². The molecule has 0 bridgehead atoms. The van der Waals surface area contributed by atoms with Crippen molar-refractivity contribution in [1.29, 1.82) is 0 Å². The molecule has 15 heavy (non-hydrogen) atoms. The molecule has 0 saturated heterocycles. The number of sulfone groups is 1.